The Bertz CT molecular complexity index is 1190. The number of fused-ring (bicyclic) bond motifs is 3. The van der Waals surface area contributed by atoms with E-state index >= 15 is 0 Å². The van der Waals surface area contributed by atoms with E-state index in [2.05, 4.69) is 16.5 Å². The first-order chi connectivity index (χ1) is 13.6. The van der Waals surface area contributed by atoms with Crippen LogP contribution in [-0.2, 0) is 18.3 Å². The Balaban J connectivity index is 1.75. The summed E-state index contributed by atoms with van der Waals surface area (Å²) in [4.78, 5) is 27.2. The highest BCUT2D eigenvalue weighted by atomic mass is 32.1. The van der Waals surface area contributed by atoms with Gasteiger partial charge in [0.25, 0.3) is 5.56 Å². The highest BCUT2D eigenvalue weighted by Gasteiger charge is 2.25. The van der Waals surface area contributed by atoms with Gasteiger partial charge in [-0.2, -0.15) is 5.10 Å². The Morgan fingerprint density at radius 2 is 2.04 bits per heavy atom. The van der Waals surface area contributed by atoms with Gasteiger partial charge in [-0.15, -0.1) is 11.3 Å². The van der Waals surface area contributed by atoms with Crippen LogP contribution in [-0.4, -0.2) is 26.8 Å². The van der Waals surface area contributed by atoms with Crippen molar-refractivity contribution in [3.8, 4) is 0 Å². The highest BCUT2D eigenvalue weighted by molar-refractivity contribution is 7.09. The van der Waals surface area contributed by atoms with Crippen LogP contribution in [0.5, 0.6) is 0 Å². The molecule has 4 rings (SSSR count). The van der Waals surface area contributed by atoms with Gasteiger partial charge in [0.05, 0.1) is 11.7 Å². The van der Waals surface area contributed by atoms with Gasteiger partial charge in [0.1, 0.15) is 11.6 Å². The number of hydrogen-bond acceptors (Lipinski definition) is 4. The SMILES string of the molecule is CCC(C(=O)NCCc1cccs1)n1c2ccccc2c2cnn(C)c(=O)c21. The number of benzene rings is 1. The van der Waals surface area contributed by atoms with Crippen molar-refractivity contribution >= 4 is 39.0 Å². The second-order valence-electron chi connectivity index (χ2n) is 6.77. The highest BCUT2D eigenvalue weighted by Crippen LogP contribution is 2.30. The predicted molar refractivity (Wildman–Crippen MR) is 113 cm³/mol. The minimum atomic E-state index is -0.458. The van der Waals surface area contributed by atoms with E-state index in [0.29, 0.717) is 18.5 Å². The van der Waals surface area contributed by atoms with Gasteiger partial charge in [-0.3, -0.25) is 9.59 Å². The molecule has 0 aliphatic rings. The maximum Gasteiger partial charge on any atom is 0.291 e. The van der Waals surface area contributed by atoms with Crippen molar-refractivity contribution in [2.45, 2.75) is 25.8 Å². The summed E-state index contributed by atoms with van der Waals surface area (Å²) in [5.41, 5.74) is 1.21. The first-order valence-electron chi connectivity index (χ1n) is 9.37. The van der Waals surface area contributed by atoms with Gasteiger partial charge >= 0.3 is 0 Å². The average molecular weight is 395 g/mol. The number of aryl methyl sites for hydroxylation is 1. The molecule has 0 spiro atoms. The normalized spacial score (nSPS) is 12.5. The summed E-state index contributed by atoms with van der Waals surface area (Å²) in [5, 5.41) is 11.0. The quantitative estimate of drug-likeness (QED) is 0.546. The van der Waals surface area contributed by atoms with Crippen molar-refractivity contribution in [3.05, 3.63) is 63.2 Å². The molecule has 0 bridgehead atoms. The molecule has 6 nitrogen and oxygen atoms in total. The van der Waals surface area contributed by atoms with Gasteiger partial charge in [0.2, 0.25) is 5.91 Å². The number of aromatic nitrogens is 3. The number of para-hydroxylation sites is 1. The first kappa shape index (κ1) is 18.4. The second kappa shape index (κ2) is 7.59. The van der Waals surface area contributed by atoms with Crippen LogP contribution in [0, 0.1) is 0 Å². The molecule has 3 aromatic heterocycles. The third-order valence-electron chi connectivity index (χ3n) is 5.06. The molecular formula is C21H22N4O2S. The van der Waals surface area contributed by atoms with Crippen LogP contribution < -0.4 is 10.9 Å². The van der Waals surface area contributed by atoms with Gasteiger partial charge in [-0.1, -0.05) is 31.2 Å². The lowest BCUT2D eigenvalue weighted by Gasteiger charge is -2.19. The molecule has 28 heavy (non-hydrogen) atoms. The number of hydrogen-bond donors (Lipinski definition) is 1. The molecule has 0 radical (unpaired) electrons. The monoisotopic (exact) mass is 394 g/mol. The molecule has 4 aromatic rings. The topological polar surface area (TPSA) is 68.9 Å². The molecule has 0 saturated heterocycles. The maximum absolute atomic E-state index is 13.0. The smallest absolute Gasteiger partial charge is 0.291 e. The summed E-state index contributed by atoms with van der Waals surface area (Å²) in [6, 6.07) is 11.4. The third kappa shape index (κ3) is 3.11. The summed E-state index contributed by atoms with van der Waals surface area (Å²) in [5.74, 6) is -0.0689. The van der Waals surface area contributed by atoms with E-state index in [1.807, 2.05) is 47.2 Å². The van der Waals surface area contributed by atoms with E-state index < -0.39 is 6.04 Å². The molecule has 7 heteroatoms. The minimum Gasteiger partial charge on any atom is -0.354 e. The Morgan fingerprint density at radius 3 is 2.79 bits per heavy atom. The average Bonchev–Trinajstić information content (AvgIpc) is 3.33. The Kier molecular flexibility index (Phi) is 5.00. The van der Waals surface area contributed by atoms with Crippen molar-refractivity contribution in [2.75, 3.05) is 6.54 Å². The van der Waals surface area contributed by atoms with Gasteiger partial charge in [-0.25, -0.2) is 4.68 Å². The molecular weight excluding hydrogens is 372 g/mol. The van der Waals surface area contributed by atoms with Crippen molar-refractivity contribution in [1.29, 1.82) is 0 Å². The zero-order valence-corrected chi connectivity index (χ0v) is 16.7. The molecule has 1 amide bonds. The molecule has 0 aliphatic heterocycles. The van der Waals surface area contributed by atoms with Crippen LogP contribution in [0.2, 0.25) is 0 Å². The van der Waals surface area contributed by atoms with Gasteiger partial charge in [0, 0.05) is 29.2 Å². The number of carbonyl (C=O) groups excluding carboxylic acids is 1. The Hall–Kier alpha value is -2.93. The van der Waals surface area contributed by atoms with Crippen molar-refractivity contribution < 1.29 is 4.79 Å². The van der Waals surface area contributed by atoms with E-state index in [1.165, 1.54) is 9.56 Å². The molecule has 3 heterocycles. The molecule has 0 saturated carbocycles. The summed E-state index contributed by atoms with van der Waals surface area (Å²) >= 11 is 1.69. The Labute approximate surface area is 166 Å². The van der Waals surface area contributed by atoms with Crippen LogP contribution >= 0.6 is 11.3 Å². The van der Waals surface area contributed by atoms with Crippen LogP contribution in [0.3, 0.4) is 0 Å². The van der Waals surface area contributed by atoms with E-state index in [4.69, 9.17) is 0 Å². The Morgan fingerprint density at radius 1 is 1.21 bits per heavy atom. The molecule has 1 unspecified atom stereocenters. The molecule has 0 aliphatic carbocycles. The van der Waals surface area contributed by atoms with Gasteiger partial charge in [-0.05, 0) is 30.4 Å². The molecule has 1 aromatic carbocycles. The first-order valence-corrected chi connectivity index (χ1v) is 10.2. The number of nitrogens with one attached hydrogen (secondary N) is 1. The van der Waals surface area contributed by atoms with Crippen molar-refractivity contribution in [3.63, 3.8) is 0 Å². The van der Waals surface area contributed by atoms with Crippen molar-refractivity contribution in [1.82, 2.24) is 19.7 Å². The number of amides is 1. The molecule has 1 atom stereocenters. The number of carbonyl (C=O) groups is 1. The fourth-order valence-electron chi connectivity index (χ4n) is 3.68. The lowest BCUT2D eigenvalue weighted by Crippen LogP contribution is -2.34. The fourth-order valence-corrected chi connectivity index (χ4v) is 4.39. The molecule has 1 N–H and O–H groups in total. The zero-order chi connectivity index (χ0) is 19.7. The maximum atomic E-state index is 13.0. The van der Waals surface area contributed by atoms with E-state index in [0.717, 1.165) is 22.7 Å². The summed E-state index contributed by atoms with van der Waals surface area (Å²) < 4.78 is 3.20. The van der Waals surface area contributed by atoms with Crippen LogP contribution in [0.4, 0.5) is 0 Å². The summed E-state index contributed by atoms with van der Waals surface area (Å²) in [6.07, 6.45) is 3.10. The zero-order valence-electron chi connectivity index (χ0n) is 15.9. The van der Waals surface area contributed by atoms with Gasteiger partial charge in [0.15, 0.2) is 0 Å². The number of thiophene rings is 1. The van der Waals surface area contributed by atoms with Crippen LogP contribution in [0.25, 0.3) is 21.8 Å². The van der Waals surface area contributed by atoms with E-state index in [9.17, 15) is 9.59 Å². The summed E-state index contributed by atoms with van der Waals surface area (Å²) in [6.45, 7) is 2.54. The number of nitrogens with zero attached hydrogens (tertiary/aromatic N) is 3. The third-order valence-corrected chi connectivity index (χ3v) is 5.99. The standard InChI is InChI=1S/C21H22N4O2S/c1-3-17(20(26)22-11-10-14-7-6-12-28-14)25-18-9-5-4-8-15(18)16-13-23-24(2)21(27)19(16)25/h4-9,12-13,17H,3,10-11H2,1-2H3,(H,22,26). The molecule has 0 fully saturated rings. The fraction of sp³-hybridized carbons (Fsp3) is 0.286. The predicted octanol–water partition coefficient (Wildman–Crippen LogP) is 3.26. The lowest BCUT2D eigenvalue weighted by atomic mass is 10.2. The van der Waals surface area contributed by atoms with E-state index in [-0.39, 0.29) is 11.5 Å². The van der Waals surface area contributed by atoms with Crippen LogP contribution in [0.15, 0.2) is 52.8 Å². The van der Waals surface area contributed by atoms with E-state index in [1.54, 1.807) is 24.6 Å². The van der Waals surface area contributed by atoms with Crippen molar-refractivity contribution in [2.24, 2.45) is 7.05 Å². The lowest BCUT2D eigenvalue weighted by molar-refractivity contribution is -0.124. The number of rotatable bonds is 6. The van der Waals surface area contributed by atoms with Gasteiger partial charge < -0.3 is 9.88 Å². The molecule has 144 valence electrons. The summed E-state index contributed by atoms with van der Waals surface area (Å²) in [7, 11) is 1.63. The second-order valence-corrected chi connectivity index (χ2v) is 7.80. The largest absolute Gasteiger partial charge is 0.354 e. The minimum absolute atomic E-state index is 0.0689. The van der Waals surface area contributed by atoms with Crippen LogP contribution in [0.1, 0.15) is 24.3 Å².